The molecule has 2 aliphatic rings. The zero-order chi connectivity index (χ0) is 21.3. The van der Waals surface area contributed by atoms with Gasteiger partial charge in [0.15, 0.2) is 5.96 Å². The lowest BCUT2D eigenvalue weighted by atomic mass is 10.2. The molecular weight excluding hydrogens is 380 g/mol. The molecule has 0 saturated carbocycles. The minimum absolute atomic E-state index is 0.362. The molecule has 0 bridgehead atoms. The van der Waals surface area contributed by atoms with Gasteiger partial charge < -0.3 is 29.9 Å². The van der Waals surface area contributed by atoms with Gasteiger partial charge in [0.05, 0.1) is 14.2 Å². The molecule has 1 atom stereocenters. The predicted octanol–water partition coefficient (Wildman–Crippen LogP) is 1.09. The second-order valence-corrected chi connectivity index (χ2v) is 7.92. The Morgan fingerprint density at radius 3 is 2.30 bits per heavy atom. The van der Waals surface area contributed by atoms with Crippen LogP contribution in [0.2, 0.25) is 0 Å². The van der Waals surface area contributed by atoms with Crippen LogP contribution in [0.3, 0.4) is 0 Å². The smallest absolute Gasteiger partial charge is 0.191 e. The summed E-state index contributed by atoms with van der Waals surface area (Å²) in [5.41, 5.74) is 1.13. The first kappa shape index (κ1) is 22.5. The lowest BCUT2D eigenvalue weighted by Gasteiger charge is -2.34. The average molecular weight is 419 g/mol. The van der Waals surface area contributed by atoms with E-state index in [1.54, 1.807) is 14.2 Å². The molecule has 0 amide bonds. The van der Waals surface area contributed by atoms with Gasteiger partial charge in [0, 0.05) is 89.3 Å². The molecule has 8 heteroatoms. The van der Waals surface area contributed by atoms with Crippen molar-refractivity contribution in [1.82, 2.24) is 20.4 Å². The van der Waals surface area contributed by atoms with Gasteiger partial charge in [-0.2, -0.15) is 0 Å². The first-order valence-electron chi connectivity index (χ1n) is 11.0. The molecule has 168 valence electrons. The molecule has 1 unspecified atom stereocenters. The Morgan fingerprint density at radius 1 is 1.03 bits per heavy atom. The molecule has 2 aliphatic heterocycles. The number of rotatable bonds is 8. The summed E-state index contributed by atoms with van der Waals surface area (Å²) in [6, 6.07) is 6.40. The summed E-state index contributed by atoms with van der Waals surface area (Å²) in [7, 11) is 5.22. The Balaban J connectivity index is 1.44. The summed E-state index contributed by atoms with van der Waals surface area (Å²) in [6.07, 6.45) is 1.07. The molecular formula is C22H38N6O2. The van der Waals surface area contributed by atoms with Crippen molar-refractivity contribution in [2.24, 2.45) is 4.99 Å². The van der Waals surface area contributed by atoms with Crippen molar-refractivity contribution in [3.05, 3.63) is 18.2 Å². The van der Waals surface area contributed by atoms with Crippen LogP contribution in [0.4, 0.5) is 5.69 Å². The average Bonchev–Trinajstić information content (AvgIpc) is 3.27. The highest BCUT2D eigenvalue weighted by Crippen LogP contribution is 2.30. The highest BCUT2D eigenvalue weighted by Gasteiger charge is 2.24. The summed E-state index contributed by atoms with van der Waals surface area (Å²) in [4.78, 5) is 11.8. The van der Waals surface area contributed by atoms with Crippen LogP contribution in [0.5, 0.6) is 11.5 Å². The van der Waals surface area contributed by atoms with E-state index < -0.39 is 0 Å². The fourth-order valence-electron chi connectivity index (χ4n) is 4.14. The van der Waals surface area contributed by atoms with E-state index in [9.17, 15) is 0 Å². The van der Waals surface area contributed by atoms with Gasteiger partial charge in [-0.05, 0) is 13.0 Å². The maximum absolute atomic E-state index is 5.41. The Morgan fingerprint density at radius 2 is 1.70 bits per heavy atom. The van der Waals surface area contributed by atoms with E-state index in [2.05, 4.69) is 49.4 Å². The van der Waals surface area contributed by atoms with E-state index in [0.717, 1.165) is 75.4 Å². The lowest BCUT2D eigenvalue weighted by Crippen LogP contribution is -2.50. The van der Waals surface area contributed by atoms with Gasteiger partial charge in [-0.15, -0.1) is 0 Å². The van der Waals surface area contributed by atoms with Gasteiger partial charge in [0.2, 0.25) is 0 Å². The minimum Gasteiger partial charge on any atom is -0.497 e. The van der Waals surface area contributed by atoms with Crippen molar-refractivity contribution in [3.8, 4) is 11.5 Å². The van der Waals surface area contributed by atoms with Gasteiger partial charge >= 0.3 is 0 Å². The summed E-state index contributed by atoms with van der Waals surface area (Å²) < 4.78 is 10.8. The molecule has 2 heterocycles. The zero-order valence-corrected chi connectivity index (χ0v) is 19.0. The third-order valence-corrected chi connectivity index (χ3v) is 6.09. The molecule has 1 aromatic rings. The summed E-state index contributed by atoms with van der Waals surface area (Å²) in [5, 5.41) is 7.07. The number of guanidine groups is 1. The maximum Gasteiger partial charge on any atom is 0.191 e. The number of likely N-dealkylation sites (N-methyl/N-ethyl adjacent to an activating group) is 1. The van der Waals surface area contributed by atoms with Crippen molar-refractivity contribution in [2.75, 3.05) is 85.1 Å². The number of nitrogens with zero attached hydrogens (tertiary/aromatic N) is 4. The Labute approximate surface area is 181 Å². The number of anilines is 1. The maximum atomic E-state index is 5.41. The van der Waals surface area contributed by atoms with Crippen LogP contribution in [0, 0.1) is 0 Å². The normalized spacial score (nSPS) is 21.0. The Kier molecular flexibility index (Phi) is 8.45. The van der Waals surface area contributed by atoms with Crippen molar-refractivity contribution >= 4 is 11.6 Å². The molecule has 30 heavy (non-hydrogen) atoms. The van der Waals surface area contributed by atoms with Crippen LogP contribution in [0.15, 0.2) is 23.2 Å². The van der Waals surface area contributed by atoms with Crippen LogP contribution in [-0.2, 0) is 0 Å². The van der Waals surface area contributed by atoms with Crippen LogP contribution in [0.1, 0.15) is 13.3 Å². The molecule has 0 aromatic heterocycles. The van der Waals surface area contributed by atoms with E-state index >= 15 is 0 Å². The van der Waals surface area contributed by atoms with E-state index in [-0.39, 0.29) is 0 Å². The van der Waals surface area contributed by atoms with Crippen molar-refractivity contribution in [1.29, 1.82) is 0 Å². The summed E-state index contributed by atoms with van der Waals surface area (Å²) in [6.45, 7) is 11.9. The van der Waals surface area contributed by atoms with Gasteiger partial charge in [-0.1, -0.05) is 6.92 Å². The second-order valence-electron chi connectivity index (χ2n) is 7.92. The van der Waals surface area contributed by atoms with Crippen molar-refractivity contribution in [3.63, 3.8) is 0 Å². The zero-order valence-electron chi connectivity index (χ0n) is 19.0. The van der Waals surface area contributed by atoms with E-state index in [1.807, 2.05) is 13.1 Å². The second kappa shape index (κ2) is 11.3. The third-order valence-electron chi connectivity index (χ3n) is 6.09. The Bertz CT molecular complexity index is 668. The van der Waals surface area contributed by atoms with E-state index in [4.69, 9.17) is 9.47 Å². The predicted molar refractivity (Wildman–Crippen MR) is 123 cm³/mol. The van der Waals surface area contributed by atoms with Gasteiger partial charge in [0.25, 0.3) is 0 Å². The summed E-state index contributed by atoms with van der Waals surface area (Å²) >= 11 is 0. The van der Waals surface area contributed by atoms with Gasteiger partial charge in [-0.3, -0.25) is 9.89 Å². The molecule has 2 N–H and O–H groups in total. The van der Waals surface area contributed by atoms with Crippen LogP contribution in [0.25, 0.3) is 0 Å². The number of methoxy groups -OCH3 is 2. The quantitative estimate of drug-likeness (QED) is 0.484. The molecule has 8 nitrogen and oxygen atoms in total. The van der Waals surface area contributed by atoms with Crippen molar-refractivity contribution in [2.45, 2.75) is 19.4 Å². The fraction of sp³-hybridized carbons (Fsp3) is 0.682. The standard InChI is InChI=1S/C22H38N6O2/c1-5-26-10-12-27(13-11-26)9-7-24-22(23-2)25-18-6-8-28(17-18)19-14-20(29-3)16-21(15-19)30-4/h14-16,18H,5-13,17H2,1-4H3,(H2,23,24,25). The van der Waals surface area contributed by atoms with Crippen molar-refractivity contribution < 1.29 is 9.47 Å². The highest BCUT2D eigenvalue weighted by molar-refractivity contribution is 5.80. The third kappa shape index (κ3) is 6.15. The number of hydrogen-bond acceptors (Lipinski definition) is 6. The first-order valence-corrected chi connectivity index (χ1v) is 11.0. The monoisotopic (exact) mass is 418 g/mol. The molecule has 0 radical (unpaired) electrons. The SMILES string of the molecule is CCN1CCN(CCNC(=NC)NC2CCN(c3cc(OC)cc(OC)c3)C2)CC1. The van der Waals surface area contributed by atoms with Crippen LogP contribution < -0.4 is 25.0 Å². The minimum atomic E-state index is 0.362. The molecule has 0 spiro atoms. The number of nitrogens with one attached hydrogen (secondary N) is 2. The van der Waals surface area contributed by atoms with Crippen LogP contribution >= 0.6 is 0 Å². The molecule has 0 aliphatic carbocycles. The first-order chi connectivity index (χ1) is 14.6. The number of piperazine rings is 1. The molecule has 1 aromatic carbocycles. The number of benzene rings is 1. The van der Waals surface area contributed by atoms with Crippen LogP contribution in [-0.4, -0.2) is 102 Å². The van der Waals surface area contributed by atoms with E-state index in [1.165, 1.54) is 13.1 Å². The number of hydrogen-bond donors (Lipinski definition) is 2. The largest absolute Gasteiger partial charge is 0.497 e. The topological polar surface area (TPSA) is 64.6 Å². The highest BCUT2D eigenvalue weighted by atomic mass is 16.5. The fourth-order valence-corrected chi connectivity index (χ4v) is 4.14. The Hall–Kier alpha value is -2.19. The van der Waals surface area contributed by atoms with Gasteiger partial charge in [-0.25, -0.2) is 0 Å². The lowest BCUT2D eigenvalue weighted by molar-refractivity contribution is 0.139. The van der Waals surface area contributed by atoms with Gasteiger partial charge in [0.1, 0.15) is 11.5 Å². The summed E-state index contributed by atoms with van der Waals surface area (Å²) in [5.74, 6) is 2.52. The molecule has 2 saturated heterocycles. The number of aliphatic imine (C=N–C) groups is 1. The number of ether oxygens (including phenoxy) is 2. The molecule has 2 fully saturated rings. The molecule has 3 rings (SSSR count). The van der Waals surface area contributed by atoms with E-state index in [0.29, 0.717) is 6.04 Å².